The van der Waals surface area contributed by atoms with Gasteiger partial charge in [0.1, 0.15) is 0 Å². The minimum Gasteiger partial charge on any atom is -0.308 e. The van der Waals surface area contributed by atoms with Gasteiger partial charge < -0.3 is 4.90 Å². The molecule has 0 unspecified atom stereocenters. The summed E-state index contributed by atoms with van der Waals surface area (Å²) in [6.07, 6.45) is 0.671. The van der Waals surface area contributed by atoms with E-state index in [-0.39, 0.29) is 5.91 Å². The van der Waals surface area contributed by atoms with E-state index in [0.717, 1.165) is 28.3 Å². The molecule has 0 aliphatic carbocycles. The molecule has 0 spiro atoms. The summed E-state index contributed by atoms with van der Waals surface area (Å²) in [7, 11) is 0. The highest BCUT2D eigenvalue weighted by atomic mass is 35.5. The summed E-state index contributed by atoms with van der Waals surface area (Å²) in [6, 6.07) is 24.7. The van der Waals surface area contributed by atoms with Crippen LogP contribution >= 0.6 is 23.2 Å². The van der Waals surface area contributed by atoms with Crippen LogP contribution in [0, 0.1) is 0 Å². The molecule has 4 nitrogen and oxygen atoms in total. The van der Waals surface area contributed by atoms with Crippen molar-refractivity contribution in [1.29, 1.82) is 0 Å². The lowest BCUT2D eigenvalue weighted by molar-refractivity contribution is 0.0981. The molecule has 6 heteroatoms. The number of carbonyl (C=O) groups is 1. The van der Waals surface area contributed by atoms with Gasteiger partial charge in [-0.3, -0.25) is 4.79 Å². The van der Waals surface area contributed by atoms with Crippen LogP contribution in [0.25, 0.3) is 16.9 Å². The molecule has 0 bridgehead atoms. The van der Waals surface area contributed by atoms with Crippen molar-refractivity contribution in [3.63, 3.8) is 0 Å². The highest BCUT2D eigenvalue weighted by Gasteiger charge is 2.33. The van der Waals surface area contributed by atoms with Gasteiger partial charge in [0.25, 0.3) is 5.91 Å². The van der Waals surface area contributed by atoms with E-state index in [4.69, 9.17) is 28.3 Å². The van der Waals surface area contributed by atoms with Gasteiger partial charge in [-0.05, 0) is 42.5 Å². The van der Waals surface area contributed by atoms with Gasteiger partial charge in [0.15, 0.2) is 0 Å². The number of hydrogen-bond donors (Lipinski definition) is 0. The van der Waals surface area contributed by atoms with Gasteiger partial charge in [-0.1, -0.05) is 59.6 Å². The number of amides is 1. The van der Waals surface area contributed by atoms with Crippen molar-refractivity contribution in [3.05, 3.63) is 100 Å². The molecule has 3 aromatic carbocycles. The topological polar surface area (TPSA) is 38.1 Å². The molecule has 30 heavy (non-hydrogen) atoms. The van der Waals surface area contributed by atoms with Gasteiger partial charge in [-0.25, -0.2) is 4.68 Å². The Kier molecular flexibility index (Phi) is 4.81. The van der Waals surface area contributed by atoms with Crippen molar-refractivity contribution in [3.8, 4) is 16.9 Å². The molecule has 1 aliphatic heterocycles. The molecule has 0 saturated heterocycles. The minimum absolute atomic E-state index is 0.0549. The van der Waals surface area contributed by atoms with Crippen molar-refractivity contribution < 1.29 is 4.79 Å². The highest BCUT2D eigenvalue weighted by molar-refractivity contribution is 6.31. The average Bonchev–Trinajstić information content (AvgIpc) is 3.16. The van der Waals surface area contributed by atoms with Crippen LogP contribution in [-0.4, -0.2) is 22.2 Å². The molecular formula is C24H17Cl2N3O. The summed E-state index contributed by atoms with van der Waals surface area (Å²) >= 11 is 12.3. The fraction of sp³-hybridized carbons (Fsp3) is 0.0833. The Morgan fingerprint density at radius 2 is 1.53 bits per heavy atom. The zero-order chi connectivity index (χ0) is 20.7. The first-order valence-corrected chi connectivity index (χ1v) is 10.4. The summed E-state index contributed by atoms with van der Waals surface area (Å²) in [4.78, 5) is 15.4. The zero-order valence-corrected chi connectivity index (χ0v) is 17.4. The van der Waals surface area contributed by atoms with Crippen molar-refractivity contribution in [2.24, 2.45) is 0 Å². The first kappa shape index (κ1) is 18.9. The van der Waals surface area contributed by atoms with E-state index in [1.165, 1.54) is 0 Å². The first-order valence-electron chi connectivity index (χ1n) is 9.62. The molecule has 5 rings (SSSR count). The van der Waals surface area contributed by atoms with Crippen LogP contribution < -0.4 is 4.90 Å². The number of anilines is 1. The van der Waals surface area contributed by atoms with E-state index in [2.05, 4.69) is 0 Å². The zero-order valence-electron chi connectivity index (χ0n) is 15.9. The molecule has 1 aliphatic rings. The Labute approximate surface area is 184 Å². The largest absolute Gasteiger partial charge is 0.308 e. The van der Waals surface area contributed by atoms with E-state index in [9.17, 15) is 4.79 Å². The van der Waals surface area contributed by atoms with Crippen LogP contribution in [0.5, 0.6) is 0 Å². The Bertz CT molecular complexity index is 1230. The minimum atomic E-state index is -0.0549. The second-order valence-corrected chi connectivity index (χ2v) is 7.98. The van der Waals surface area contributed by atoms with Gasteiger partial charge in [-0.15, -0.1) is 0 Å². The number of benzene rings is 3. The lowest BCUT2D eigenvalue weighted by Gasteiger charge is -2.27. The van der Waals surface area contributed by atoms with Crippen LogP contribution in [0.2, 0.25) is 10.0 Å². The van der Waals surface area contributed by atoms with Gasteiger partial charge in [-0.2, -0.15) is 5.10 Å². The number of halogens is 2. The van der Waals surface area contributed by atoms with Crippen molar-refractivity contribution in [2.45, 2.75) is 6.42 Å². The molecule has 2 heterocycles. The first-order chi connectivity index (χ1) is 14.6. The number of nitrogens with zero attached hydrogens (tertiary/aromatic N) is 3. The van der Waals surface area contributed by atoms with Crippen molar-refractivity contribution in [1.82, 2.24) is 9.78 Å². The summed E-state index contributed by atoms with van der Waals surface area (Å²) in [6.45, 7) is 0.586. The predicted octanol–water partition coefficient (Wildman–Crippen LogP) is 6.05. The fourth-order valence-corrected chi connectivity index (χ4v) is 4.15. The monoisotopic (exact) mass is 433 g/mol. The van der Waals surface area contributed by atoms with Gasteiger partial charge in [0, 0.05) is 34.3 Å². The Hall–Kier alpha value is -3.08. The number of fused-ring (bicyclic) bond motifs is 1. The summed E-state index contributed by atoms with van der Waals surface area (Å²) < 4.78 is 1.81. The molecule has 0 fully saturated rings. The SMILES string of the molecule is O=C1c2c(nn(-c3cccc(Cl)c3)c2-c2ccc(Cl)cc2)CCN1c1ccccc1. The fourth-order valence-electron chi connectivity index (χ4n) is 3.84. The smallest absolute Gasteiger partial charge is 0.262 e. The third kappa shape index (κ3) is 3.28. The third-order valence-electron chi connectivity index (χ3n) is 5.23. The predicted molar refractivity (Wildman–Crippen MR) is 121 cm³/mol. The summed E-state index contributed by atoms with van der Waals surface area (Å²) in [5, 5.41) is 6.07. The van der Waals surface area contributed by atoms with Crippen LogP contribution in [0.1, 0.15) is 16.1 Å². The van der Waals surface area contributed by atoms with E-state index < -0.39 is 0 Å². The van der Waals surface area contributed by atoms with Crippen molar-refractivity contribution >= 4 is 34.8 Å². The average molecular weight is 434 g/mol. The van der Waals surface area contributed by atoms with E-state index >= 15 is 0 Å². The lowest BCUT2D eigenvalue weighted by Crippen LogP contribution is -2.37. The Morgan fingerprint density at radius 1 is 0.800 bits per heavy atom. The number of carbonyl (C=O) groups excluding carboxylic acids is 1. The van der Waals surface area contributed by atoms with E-state index in [0.29, 0.717) is 28.6 Å². The number of rotatable bonds is 3. The second kappa shape index (κ2) is 7.63. The highest BCUT2D eigenvalue weighted by Crippen LogP contribution is 2.35. The van der Waals surface area contributed by atoms with Crippen LogP contribution in [0.3, 0.4) is 0 Å². The third-order valence-corrected chi connectivity index (χ3v) is 5.71. The van der Waals surface area contributed by atoms with Crippen LogP contribution in [0.4, 0.5) is 5.69 Å². The summed E-state index contributed by atoms with van der Waals surface area (Å²) in [5.74, 6) is -0.0549. The number of para-hydroxylation sites is 1. The number of hydrogen-bond acceptors (Lipinski definition) is 2. The standard InChI is InChI=1S/C24H17Cl2N3O/c25-17-11-9-16(10-12-17)23-22-21(27-29(23)20-8-4-5-18(26)15-20)13-14-28(24(22)30)19-6-2-1-3-7-19/h1-12,15H,13-14H2. The van der Waals surface area contributed by atoms with Gasteiger partial charge in [0.05, 0.1) is 22.6 Å². The van der Waals surface area contributed by atoms with Crippen LogP contribution in [0.15, 0.2) is 78.9 Å². The second-order valence-electron chi connectivity index (χ2n) is 7.11. The molecule has 0 atom stereocenters. The quantitative estimate of drug-likeness (QED) is 0.394. The maximum atomic E-state index is 13.6. The Balaban J connectivity index is 1.72. The maximum Gasteiger partial charge on any atom is 0.262 e. The van der Waals surface area contributed by atoms with E-state index in [1.807, 2.05) is 88.4 Å². The Morgan fingerprint density at radius 3 is 2.27 bits per heavy atom. The molecule has 4 aromatic rings. The maximum absolute atomic E-state index is 13.6. The van der Waals surface area contributed by atoms with E-state index in [1.54, 1.807) is 0 Å². The molecular weight excluding hydrogens is 417 g/mol. The molecule has 148 valence electrons. The molecule has 0 radical (unpaired) electrons. The molecule has 0 N–H and O–H groups in total. The molecule has 1 amide bonds. The summed E-state index contributed by atoms with van der Waals surface area (Å²) in [5.41, 5.74) is 4.71. The number of aromatic nitrogens is 2. The normalized spacial score (nSPS) is 13.4. The van der Waals surface area contributed by atoms with Gasteiger partial charge in [0.2, 0.25) is 0 Å². The van der Waals surface area contributed by atoms with Crippen LogP contribution in [-0.2, 0) is 6.42 Å². The van der Waals surface area contributed by atoms with Gasteiger partial charge >= 0.3 is 0 Å². The molecule has 1 aromatic heterocycles. The lowest BCUT2D eigenvalue weighted by atomic mass is 9.99. The molecule has 0 saturated carbocycles. The van der Waals surface area contributed by atoms with Crippen molar-refractivity contribution in [2.75, 3.05) is 11.4 Å².